The molecule has 0 aromatic carbocycles. The summed E-state index contributed by atoms with van der Waals surface area (Å²) in [6.07, 6.45) is 9.38. The quantitative estimate of drug-likeness (QED) is 0.646. The molecular weight excluding hydrogens is 198 g/mol. The molecule has 0 aromatic heterocycles. The standard InChI is InChI=1S/C13H27NSi/c1-4-8-13(9-12-15(2)3)14-10-6-5-7-11-14/h9,15H,4-8,10-12H2,1-3H3. The average Bonchev–Trinajstić information content (AvgIpc) is 2.25. The summed E-state index contributed by atoms with van der Waals surface area (Å²) >= 11 is 0. The number of hydrogen-bond donors (Lipinski definition) is 0. The van der Waals surface area contributed by atoms with Crippen LogP contribution >= 0.6 is 0 Å². The van der Waals surface area contributed by atoms with E-state index in [1.54, 1.807) is 5.70 Å². The van der Waals surface area contributed by atoms with Crippen LogP contribution in [-0.4, -0.2) is 26.8 Å². The zero-order valence-electron chi connectivity index (χ0n) is 10.8. The number of piperidine rings is 1. The Hall–Kier alpha value is -0.243. The van der Waals surface area contributed by atoms with Crippen LogP contribution in [0.2, 0.25) is 19.1 Å². The van der Waals surface area contributed by atoms with Gasteiger partial charge in [-0.2, -0.15) is 0 Å². The van der Waals surface area contributed by atoms with Crippen molar-refractivity contribution in [2.45, 2.75) is 58.2 Å². The van der Waals surface area contributed by atoms with E-state index in [2.05, 4.69) is 31.0 Å². The lowest BCUT2D eigenvalue weighted by Crippen LogP contribution is -2.29. The van der Waals surface area contributed by atoms with E-state index < -0.39 is 8.80 Å². The van der Waals surface area contributed by atoms with Crippen LogP contribution in [0.5, 0.6) is 0 Å². The van der Waals surface area contributed by atoms with Gasteiger partial charge < -0.3 is 4.90 Å². The molecule has 0 N–H and O–H groups in total. The SMILES string of the molecule is CCCC(=CC[SiH](C)C)N1CCCCC1. The predicted octanol–water partition coefficient (Wildman–Crippen LogP) is 3.64. The van der Waals surface area contributed by atoms with Crippen molar-refractivity contribution in [3.8, 4) is 0 Å². The zero-order chi connectivity index (χ0) is 11.1. The average molecular weight is 225 g/mol. The lowest BCUT2D eigenvalue weighted by atomic mass is 10.1. The number of rotatable bonds is 5. The molecule has 1 heterocycles. The van der Waals surface area contributed by atoms with Gasteiger partial charge in [-0.15, -0.1) is 0 Å². The van der Waals surface area contributed by atoms with Crippen LogP contribution in [0.1, 0.15) is 39.0 Å². The first-order valence-corrected chi connectivity index (χ1v) is 9.80. The Bertz CT molecular complexity index is 193. The van der Waals surface area contributed by atoms with Gasteiger partial charge in [0.15, 0.2) is 0 Å². The summed E-state index contributed by atoms with van der Waals surface area (Å²) in [5, 5.41) is 0. The van der Waals surface area contributed by atoms with Gasteiger partial charge in [0, 0.05) is 27.6 Å². The Morgan fingerprint density at radius 3 is 2.40 bits per heavy atom. The van der Waals surface area contributed by atoms with E-state index in [-0.39, 0.29) is 0 Å². The van der Waals surface area contributed by atoms with Gasteiger partial charge in [-0.05, 0) is 31.7 Å². The Morgan fingerprint density at radius 1 is 1.20 bits per heavy atom. The minimum atomic E-state index is -0.409. The molecular formula is C13H27NSi. The maximum absolute atomic E-state index is 2.64. The van der Waals surface area contributed by atoms with Crippen molar-refractivity contribution < 1.29 is 0 Å². The number of allylic oxidation sites excluding steroid dienone is 2. The van der Waals surface area contributed by atoms with Crippen LogP contribution in [-0.2, 0) is 0 Å². The van der Waals surface area contributed by atoms with Crippen molar-refractivity contribution in [1.82, 2.24) is 4.90 Å². The van der Waals surface area contributed by atoms with Gasteiger partial charge >= 0.3 is 0 Å². The summed E-state index contributed by atoms with van der Waals surface area (Å²) in [5.74, 6) is 0. The van der Waals surface area contributed by atoms with Crippen molar-refractivity contribution in [2.75, 3.05) is 13.1 Å². The minimum absolute atomic E-state index is 0.409. The molecule has 2 heteroatoms. The Kier molecular flexibility index (Phi) is 6.07. The van der Waals surface area contributed by atoms with Gasteiger partial charge in [0.2, 0.25) is 0 Å². The van der Waals surface area contributed by atoms with Crippen molar-refractivity contribution >= 4 is 8.80 Å². The summed E-state index contributed by atoms with van der Waals surface area (Å²) in [6, 6.07) is 1.38. The monoisotopic (exact) mass is 225 g/mol. The van der Waals surface area contributed by atoms with E-state index in [0.29, 0.717) is 0 Å². The normalized spacial score (nSPS) is 18.7. The number of hydrogen-bond acceptors (Lipinski definition) is 1. The highest BCUT2D eigenvalue weighted by Crippen LogP contribution is 2.19. The first-order chi connectivity index (χ1) is 7.24. The number of nitrogens with zero attached hydrogens (tertiary/aromatic N) is 1. The van der Waals surface area contributed by atoms with Crippen molar-refractivity contribution in [2.24, 2.45) is 0 Å². The van der Waals surface area contributed by atoms with Gasteiger partial charge in [0.05, 0.1) is 0 Å². The molecule has 0 spiro atoms. The van der Waals surface area contributed by atoms with E-state index in [0.717, 1.165) is 0 Å². The van der Waals surface area contributed by atoms with Gasteiger partial charge in [-0.1, -0.05) is 32.5 Å². The van der Waals surface area contributed by atoms with Crippen LogP contribution in [0, 0.1) is 0 Å². The van der Waals surface area contributed by atoms with E-state index >= 15 is 0 Å². The molecule has 0 amide bonds. The van der Waals surface area contributed by atoms with Gasteiger partial charge in [0.25, 0.3) is 0 Å². The van der Waals surface area contributed by atoms with Crippen LogP contribution in [0.25, 0.3) is 0 Å². The fourth-order valence-electron chi connectivity index (χ4n) is 2.20. The molecule has 1 aliphatic rings. The summed E-state index contributed by atoms with van der Waals surface area (Å²) in [5.41, 5.74) is 1.65. The Labute approximate surface area is 97.2 Å². The van der Waals surface area contributed by atoms with Crippen molar-refractivity contribution in [1.29, 1.82) is 0 Å². The maximum Gasteiger partial charge on any atom is 0.0345 e. The lowest BCUT2D eigenvalue weighted by Gasteiger charge is -2.31. The molecule has 0 atom stereocenters. The van der Waals surface area contributed by atoms with E-state index in [9.17, 15) is 0 Å². The third-order valence-corrected chi connectivity index (χ3v) is 4.27. The van der Waals surface area contributed by atoms with Crippen LogP contribution in [0.15, 0.2) is 11.8 Å². The second-order valence-corrected chi connectivity index (χ2v) is 8.38. The second kappa shape index (κ2) is 7.10. The molecule has 1 fully saturated rings. The molecule has 0 bridgehead atoms. The maximum atomic E-state index is 2.64. The van der Waals surface area contributed by atoms with Crippen molar-refractivity contribution in [3.63, 3.8) is 0 Å². The third kappa shape index (κ3) is 4.87. The Balaban J connectivity index is 2.50. The zero-order valence-corrected chi connectivity index (χ0v) is 11.9. The molecule has 1 rings (SSSR count). The summed E-state index contributed by atoms with van der Waals surface area (Å²) in [4.78, 5) is 2.64. The molecule has 0 aliphatic carbocycles. The highest BCUT2D eigenvalue weighted by molar-refractivity contribution is 6.56. The topological polar surface area (TPSA) is 3.24 Å². The third-order valence-electron chi connectivity index (χ3n) is 3.09. The van der Waals surface area contributed by atoms with E-state index in [1.165, 1.54) is 51.2 Å². The van der Waals surface area contributed by atoms with Crippen LogP contribution in [0.4, 0.5) is 0 Å². The predicted molar refractivity (Wildman–Crippen MR) is 72.1 cm³/mol. The first-order valence-electron chi connectivity index (χ1n) is 6.68. The fourth-order valence-corrected chi connectivity index (χ4v) is 2.94. The van der Waals surface area contributed by atoms with Gasteiger partial charge in [-0.25, -0.2) is 0 Å². The van der Waals surface area contributed by atoms with Crippen LogP contribution < -0.4 is 0 Å². The molecule has 1 aliphatic heterocycles. The van der Waals surface area contributed by atoms with E-state index in [4.69, 9.17) is 0 Å². The van der Waals surface area contributed by atoms with Crippen LogP contribution in [0.3, 0.4) is 0 Å². The molecule has 1 nitrogen and oxygen atoms in total. The molecule has 0 aromatic rings. The minimum Gasteiger partial charge on any atom is -0.375 e. The fraction of sp³-hybridized carbons (Fsp3) is 0.846. The highest BCUT2D eigenvalue weighted by atomic mass is 28.3. The Morgan fingerprint density at radius 2 is 1.87 bits per heavy atom. The van der Waals surface area contributed by atoms with Crippen molar-refractivity contribution in [3.05, 3.63) is 11.8 Å². The van der Waals surface area contributed by atoms with E-state index in [1.807, 2.05) is 0 Å². The summed E-state index contributed by atoms with van der Waals surface area (Å²) in [7, 11) is -0.409. The molecule has 1 saturated heterocycles. The molecule has 0 saturated carbocycles. The molecule has 15 heavy (non-hydrogen) atoms. The molecule has 88 valence electrons. The van der Waals surface area contributed by atoms with Gasteiger partial charge in [0.1, 0.15) is 0 Å². The first kappa shape index (κ1) is 12.8. The summed E-state index contributed by atoms with van der Waals surface area (Å²) < 4.78 is 0. The second-order valence-electron chi connectivity index (χ2n) is 5.12. The lowest BCUT2D eigenvalue weighted by molar-refractivity contribution is 0.276. The smallest absolute Gasteiger partial charge is 0.0345 e. The summed E-state index contributed by atoms with van der Waals surface area (Å²) in [6.45, 7) is 9.80. The number of likely N-dealkylation sites (tertiary alicyclic amines) is 1. The van der Waals surface area contributed by atoms with Gasteiger partial charge in [-0.3, -0.25) is 0 Å². The molecule has 0 radical (unpaired) electrons. The largest absolute Gasteiger partial charge is 0.375 e. The highest BCUT2D eigenvalue weighted by Gasteiger charge is 2.12. The molecule has 0 unspecified atom stereocenters.